The highest BCUT2D eigenvalue weighted by Gasteiger charge is 2.44. The first kappa shape index (κ1) is 10.2. The monoisotopic (exact) mass is 217 g/mol. The fourth-order valence-corrected chi connectivity index (χ4v) is 2.26. The van der Waals surface area contributed by atoms with Gasteiger partial charge in [0.2, 0.25) is 0 Å². The van der Waals surface area contributed by atoms with Gasteiger partial charge in [0.15, 0.2) is 0 Å². The van der Waals surface area contributed by atoms with Crippen molar-refractivity contribution in [2.45, 2.75) is 31.1 Å². The summed E-state index contributed by atoms with van der Waals surface area (Å²) in [5.41, 5.74) is 7.45. The van der Waals surface area contributed by atoms with Gasteiger partial charge in [0.25, 0.3) is 0 Å². The lowest BCUT2D eigenvalue weighted by Gasteiger charge is -2.18. The summed E-state index contributed by atoms with van der Waals surface area (Å²) >= 11 is 0. The molecule has 0 aliphatic heterocycles. The smallest absolute Gasteiger partial charge is 0.123 e. The molecule has 0 unspecified atom stereocenters. The third-order valence-corrected chi connectivity index (χ3v) is 3.87. The lowest BCUT2D eigenvalue weighted by Crippen LogP contribution is -2.20. The predicted octanol–water partition coefficient (Wildman–Crippen LogP) is 2.47. The van der Waals surface area contributed by atoms with E-state index in [2.05, 4.69) is 24.3 Å². The fourth-order valence-electron chi connectivity index (χ4n) is 2.26. The molecule has 2 aliphatic rings. The SMILES string of the molecule is NCC1(c2ccccc2OCC2CC2)CC1. The highest BCUT2D eigenvalue weighted by Crippen LogP contribution is 2.50. The Morgan fingerprint density at radius 3 is 2.62 bits per heavy atom. The van der Waals surface area contributed by atoms with Gasteiger partial charge in [-0.15, -0.1) is 0 Å². The first-order chi connectivity index (χ1) is 7.84. The highest BCUT2D eigenvalue weighted by atomic mass is 16.5. The van der Waals surface area contributed by atoms with Crippen LogP contribution in [-0.4, -0.2) is 13.2 Å². The normalized spacial score (nSPS) is 21.8. The summed E-state index contributed by atoms with van der Waals surface area (Å²) in [5.74, 6) is 1.87. The van der Waals surface area contributed by atoms with Gasteiger partial charge in [0, 0.05) is 17.5 Å². The minimum atomic E-state index is 0.236. The van der Waals surface area contributed by atoms with Crippen LogP contribution in [0.25, 0.3) is 0 Å². The number of nitrogens with two attached hydrogens (primary N) is 1. The van der Waals surface area contributed by atoms with Gasteiger partial charge in [-0.05, 0) is 37.7 Å². The molecule has 1 aromatic rings. The maximum atomic E-state index is 5.93. The topological polar surface area (TPSA) is 35.2 Å². The molecular weight excluding hydrogens is 198 g/mol. The Labute approximate surface area is 96.8 Å². The van der Waals surface area contributed by atoms with Crippen LogP contribution in [0.3, 0.4) is 0 Å². The van der Waals surface area contributed by atoms with Crippen molar-refractivity contribution in [2.75, 3.05) is 13.2 Å². The predicted molar refractivity (Wildman–Crippen MR) is 64.6 cm³/mol. The molecule has 0 heterocycles. The number of rotatable bonds is 5. The number of para-hydroxylation sites is 1. The van der Waals surface area contributed by atoms with E-state index in [0.29, 0.717) is 0 Å². The minimum absolute atomic E-state index is 0.236. The fraction of sp³-hybridized carbons (Fsp3) is 0.571. The molecule has 2 fully saturated rings. The van der Waals surface area contributed by atoms with Gasteiger partial charge in [-0.25, -0.2) is 0 Å². The quantitative estimate of drug-likeness (QED) is 0.822. The number of ether oxygens (including phenoxy) is 1. The van der Waals surface area contributed by atoms with E-state index in [1.807, 2.05) is 0 Å². The Hall–Kier alpha value is -1.02. The maximum absolute atomic E-state index is 5.93. The standard InChI is InChI=1S/C14H19NO/c15-10-14(7-8-14)12-3-1-2-4-13(12)16-9-11-5-6-11/h1-4,11H,5-10,15H2. The van der Waals surface area contributed by atoms with Gasteiger partial charge in [-0.3, -0.25) is 0 Å². The van der Waals surface area contributed by atoms with Crippen molar-refractivity contribution >= 4 is 0 Å². The van der Waals surface area contributed by atoms with Crippen LogP contribution in [0.5, 0.6) is 5.75 Å². The molecule has 86 valence electrons. The lowest BCUT2D eigenvalue weighted by molar-refractivity contribution is 0.294. The minimum Gasteiger partial charge on any atom is -0.493 e. The van der Waals surface area contributed by atoms with Gasteiger partial charge in [0.05, 0.1) is 6.61 Å². The molecule has 0 amide bonds. The number of benzene rings is 1. The summed E-state index contributed by atoms with van der Waals surface area (Å²) in [6, 6.07) is 8.42. The zero-order valence-corrected chi connectivity index (χ0v) is 9.61. The summed E-state index contributed by atoms with van der Waals surface area (Å²) in [7, 11) is 0. The van der Waals surface area contributed by atoms with Crippen LogP contribution >= 0.6 is 0 Å². The molecular formula is C14H19NO. The van der Waals surface area contributed by atoms with Crippen LogP contribution in [0.15, 0.2) is 24.3 Å². The Morgan fingerprint density at radius 1 is 1.25 bits per heavy atom. The molecule has 2 N–H and O–H groups in total. The van der Waals surface area contributed by atoms with Crippen molar-refractivity contribution in [2.24, 2.45) is 11.7 Å². The molecule has 0 aromatic heterocycles. The molecule has 2 heteroatoms. The lowest BCUT2D eigenvalue weighted by atomic mass is 9.95. The maximum Gasteiger partial charge on any atom is 0.123 e. The summed E-state index contributed by atoms with van der Waals surface area (Å²) < 4.78 is 5.93. The molecule has 0 saturated heterocycles. The molecule has 16 heavy (non-hydrogen) atoms. The van der Waals surface area contributed by atoms with Crippen molar-refractivity contribution in [3.8, 4) is 5.75 Å². The van der Waals surface area contributed by atoms with Gasteiger partial charge in [-0.1, -0.05) is 18.2 Å². The van der Waals surface area contributed by atoms with Crippen molar-refractivity contribution in [1.82, 2.24) is 0 Å². The van der Waals surface area contributed by atoms with Crippen LogP contribution in [-0.2, 0) is 5.41 Å². The van der Waals surface area contributed by atoms with Crippen molar-refractivity contribution in [3.63, 3.8) is 0 Å². The molecule has 2 aliphatic carbocycles. The molecule has 0 atom stereocenters. The average molecular weight is 217 g/mol. The van der Waals surface area contributed by atoms with E-state index in [9.17, 15) is 0 Å². The van der Waals surface area contributed by atoms with Gasteiger partial charge < -0.3 is 10.5 Å². The largest absolute Gasteiger partial charge is 0.493 e. The summed E-state index contributed by atoms with van der Waals surface area (Å²) in [6.45, 7) is 1.63. The Balaban J connectivity index is 1.79. The van der Waals surface area contributed by atoms with Crippen LogP contribution in [0.2, 0.25) is 0 Å². The van der Waals surface area contributed by atoms with E-state index < -0.39 is 0 Å². The third-order valence-electron chi connectivity index (χ3n) is 3.87. The van der Waals surface area contributed by atoms with E-state index in [1.54, 1.807) is 0 Å². The average Bonchev–Trinajstić information content (AvgIpc) is 3.21. The number of hydrogen-bond acceptors (Lipinski definition) is 2. The van der Waals surface area contributed by atoms with E-state index in [4.69, 9.17) is 10.5 Å². The van der Waals surface area contributed by atoms with Crippen LogP contribution in [0, 0.1) is 5.92 Å². The van der Waals surface area contributed by atoms with Gasteiger partial charge in [-0.2, -0.15) is 0 Å². The second-order valence-corrected chi connectivity index (χ2v) is 5.23. The Morgan fingerprint density at radius 2 is 2.00 bits per heavy atom. The molecule has 2 nitrogen and oxygen atoms in total. The zero-order chi connectivity index (χ0) is 11.0. The van der Waals surface area contributed by atoms with Crippen molar-refractivity contribution < 1.29 is 4.74 Å². The van der Waals surface area contributed by atoms with E-state index >= 15 is 0 Å². The first-order valence-corrected chi connectivity index (χ1v) is 6.26. The highest BCUT2D eigenvalue weighted by molar-refractivity contribution is 5.43. The van der Waals surface area contributed by atoms with E-state index in [-0.39, 0.29) is 5.41 Å². The van der Waals surface area contributed by atoms with Gasteiger partial charge >= 0.3 is 0 Å². The zero-order valence-electron chi connectivity index (χ0n) is 9.61. The molecule has 0 bridgehead atoms. The van der Waals surface area contributed by atoms with Gasteiger partial charge in [0.1, 0.15) is 5.75 Å². The third kappa shape index (κ3) is 1.82. The summed E-state index contributed by atoms with van der Waals surface area (Å²) in [6.07, 6.45) is 5.11. The second-order valence-electron chi connectivity index (χ2n) is 5.23. The molecule has 2 saturated carbocycles. The summed E-state index contributed by atoms with van der Waals surface area (Å²) in [4.78, 5) is 0. The molecule has 0 radical (unpaired) electrons. The van der Waals surface area contributed by atoms with E-state index in [0.717, 1.165) is 24.8 Å². The molecule has 3 rings (SSSR count). The van der Waals surface area contributed by atoms with Crippen LogP contribution in [0.1, 0.15) is 31.2 Å². The van der Waals surface area contributed by atoms with E-state index in [1.165, 1.54) is 31.2 Å². The second kappa shape index (κ2) is 3.77. The Bertz CT molecular complexity index is 380. The van der Waals surface area contributed by atoms with Crippen molar-refractivity contribution in [1.29, 1.82) is 0 Å². The first-order valence-electron chi connectivity index (χ1n) is 6.26. The van der Waals surface area contributed by atoms with Crippen molar-refractivity contribution in [3.05, 3.63) is 29.8 Å². The summed E-state index contributed by atoms with van der Waals surface area (Å²) in [5, 5.41) is 0. The van der Waals surface area contributed by atoms with Crippen LogP contribution < -0.4 is 10.5 Å². The molecule has 1 aromatic carbocycles. The Kier molecular flexibility index (Phi) is 2.40. The van der Waals surface area contributed by atoms with Crippen LogP contribution in [0.4, 0.5) is 0 Å². The number of hydrogen-bond donors (Lipinski definition) is 1. The molecule has 0 spiro atoms.